The normalized spacial score (nSPS) is 12.8. The van der Waals surface area contributed by atoms with E-state index in [0.717, 1.165) is 18.6 Å². The molecule has 0 spiro atoms. The third-order valence-corrected chi connectivity index (χ3v) is 4.26. The van der Waals surface area contributed by atoms with Crippen molar-refractivity contribution in [3.8, 4) is 0 Å². The molecule has 0 aliphatic rings. The first-order valence-electron chi connectivity index (χ1n) is 6.98. The van der Waals surface area contributed by atoms with Crippen LogP contribution in [0.4, 0.5) is 0 Å². The summed E-state index contributed by atoms with van der Waals surface area (Å²) in [6, 6.07) is 8.63. The maximum absolute atomic E-state index is 3.95. The molecule has 0 amide bonds. The predicted octanol–water partition coefficient (Wildman–Crippen LogP) is 4.53. The quantitative estimate of drug-likeness (QED) is 0.520. The van der Waals surface area contributed by atoms with Crippen molar-refractivity contribution < 1.29 is 4.58 Å². The molecule has 0 aromatic heterocycles. The Morgan fingerprint density at radius 3 is 2.26 bits per heavy atom. The van der Waals surface area contributed by atoms with Crippen LogP contribution in [0.5, 0.6) is 0 Å². The van der Waals surface area contributed by atoms with Crippen LogP contribution in [0.3, 0.4) is 0 Å². The van der Waals surface area contributed by atoms with E-state index >= 15 is 0 Å². The van der Waals surface area contributed by atoms with Gasteiger partial charge in [-0.3, -0.25) is 0 Å². The molecule has 1 aromatic rings. The van der Waals surface area contributed by atoms with Gasteiger partial charge in [-0.1, -0.05) is 45.5 Å². The molecule has 0 heterocycles. The van der Waals surface area contributed by atoms with Gasteiger partial charge in [0.25, 0.3) is 0 Å². The molecular weight excluding hydrogens is 230 g/mol. The second-order valence-electron chi connectivity index (χ2n) is 5.20. The summed E-state index contributed by atoms with van der Waals surface area (Å²) in [7, 11) is 2.01. The Bertz CT molecular complexity index is 490. The molecule has 0 atom stereocenters. The molecule has 1 aromatic carbocycles. The number of nitrogens with zero attached hydrogens (tertiary/aromatic N) is 1. The molecule has 0 saturated carbocycles. The van der Waals surface area contributed by atoms with Gasteiger partial charge in [-0.2, -0.15) is 0 Å². The maximum atomic E-state index is 3.95. The summed E-state index contributed by atoms with van der Waals surface area (Å²) in [5.41, 5.74) is 3.96. The van der Waals surface area contributed by atoms with Gasteiger partial charge >= 0.3 is 0 Å². The molecule has 1 heteroatoms. The van der Waals surface area contributed by atoms with Crippen molar-refractivity contribution in [2.45, 2.75) is 39.0 Å². The molecule has 0 saturated heterocycles. The largest absolute Gasteiger partial charge is 0.211 e. The molecule has 19 heavy (non-hydrogen) atoms. The van der Waals surface area contributed by atoms with Crippen LogP contribution < -0.4 is 0 Å². The van der Waals surface area contributed by atoms with Crippen molar-refractivity contribution in [3.05, 3.63) is 60.8 Å². The number of rotatable bonds is 6. The third kappa shape index (κ3) is 3.04. The minimum Gasteiger partial charge on any atom is -0.202 e. The number of hydrogen-bond acceptors (Lipinski definition) is 0. The standard InChI is InChI=1S/C18H26N/c1-7-17(19(6)10-4)15-13-11-12-14-16(15)18(5,8-2)9-3/h7,10-14H,1,4,8-9H2,2-3,5-6H3/q+1. The minimum atomic E-state index is 0.201. The van der Waals surface area contributed by atoms with Gasteiger partial charge in [0.2, 0.25) is 5.71 Å². The van der Waals surface area contributed by atoms with Gasteiger partial charge in [-0.05, 0) is 36.5 Å². The molecule has 1 rings (SSSR count). The van der Waals surface area contributed by atoms with Crippen LogP contribution in [0.2, 0.25) is 0 Å². The monoisotopic (exact) mass is 256 g/mol. The van der Waals surface area contributed by atoms with Crippen molar-refractivity contribution in [2.24, 2.45) is 0 Å². The summed E-state index contributed by atoms with van der Waals surface area (Å²) in [6.07, 6.45) is 5.99. The Balaban J connectivity index is 3.55. The van der Waals surface area contributed by atoms with Crippen LogP contribution in [0.1, 0.15) is 44.7 Å². The summed E-state index contributed by atoms with van der Waals surface area (Å²) in [5.74, 6) is 0. The average molecular weight is 256 g/mol. The zero-order valence-corrected chi connectivity index (χ0v) is 12.7. The van der Waals surface area contributed by atoms with E-state index in [-0.39, 0.29) is 5.41 Å². The van der Waals surface area contributed by atoms with E-state index in [0.29, 0.717) is 0 Å². The van der Waals surface area contributed by atoms with Crippen LogP contribution in [-0.2, 0) is 5.41 Å². The Labute approximate surface area is 118 Å². The van der Waals surface area contributed by atoms with Crippen LogP contribution in [0.25, 0.3) is 0 Å². The van der Waals surface area contributed by atoms with Crippen molar-refractivity contribution in [3.63, 3.8) is 0 Å². The van der Waals surface area contributed by atoms with Gasteiger partial charge in [-0.25, -0.2) is 4.58 Å². The highest BCUT2D eigenvalue weighted by Crippen LogP contribution is 2.33. The van der Waals surface area contributed by atoms with E-state index in [1.54, 1.807) is 0 Å². The fourth-order valence-corrected chi connectivity index (χ4v) is 2.41. The average Bonchev–Trinajstić information content (AvgIpc) is 2.47. The number of allylic oxidation sites excluding steroid dienone is 1. The van der Waals surface area contributed by atoms with Gasteiger partial charge in [0.15, 0.2) is 6.20 Å². The van der Waals surface area contributed by atoms with E-state index in [9.17, 15) is 0 Å². The van der Waals surface area contributed by atoms with E-state index < -0.39 is 0 Å². The zero-order valence-electron chi connectivity index (χ0n) is 12.7. The van der Waals surface area contributed by atoms with Crippen LogP contribution in [-0.4, -0.2) is 17.3 Å². The SMILES string of the molecule is C=CC(c1ccccc1C(C)(CC)CC)=[N+](C)C=C. The highest BCUT2D eigenvalue weighted by molar-refractivity contribution is 6.06. The van der Waals surface area contributed by atoms with E-state index in [1.165, 1.54) is 11.1 Å². The lowest BCUT2D eigenvalue weighted by Gasteiger charge is -2.29. The molecule has 0 fully saturated rings. The minimum absolute atomic E-state index is 0.201. The molecule has 0 aliphatic heterocycles. The molecule has 0 radical (unpaired) electrons. The van der Waals surface area contributed by atoms with E-state index in [2.05, 4.69) is 58.2 Å². The summed E-state index contributed by atoms with van der Waals surface area (Å²) >= 11 is 0. The Hall–Kier alpha value is -1.63. The van der Waals surface area contributed by atoms with Crippen molar-refractivity contribution in [1.29, 1.82) is 0 Å². The van der Waals surface area contributed by atoms with Crippen LogP contribution in [0.15, 0.2) is 49.7 Å². The second-order valence-corrected chi connectivity index (χ2v) is 5.20. The molecule has 0 bridgehead atoms. The van der Waals surface area contributed by atoms with Crippen LogP contribution in [0, 0.1) is 0 Å². The molecule has 0 unspecified atom stereocenters. The van der Waals surface area contributed by atoms with Crippen molar-refractivity contribution in [2.75, 3.05) is 7.05 Å². The lowest BCUT2D eigenvalue weighted by molar-refractivity contribution is -0.420. The Kier molecular flexibility index (Phi) is 5.29. The van der Waals surface area contributed by atoms with Gasteiger partial charge in [0.05, 0.1) is 0 Å². The molecular formula is C18H26N+. The first-order chi connectivity index (χ1) is 9.03. The smallest absolute Gasteiger partial charge is 0.202 e. The maximum Gasteiger partial charge on any atom is 0.211 e. The molecule has 0 N–H and O–H groups in total. The zero-order chi connectivity index (χ0) is 14.5. The summed E-state index contributed by atoms with van der Waals surface area (Å²) in [4.78, 5) is 0. The fraction of sp³-hybridized carbons (Fsp3) is 0.389. The molecule has 102 valence electrons. The molecule has 1 nitrogen and oxygen atoms in total. The number of benzene rings is 1. The van der Waals surface area contributed by atoms with Gasteiger partial charge in [-0.15, -0.1) is 0 Å². The number of hydrogen-bond donors (Lipinski definition) is 0. The van der Waals surface area contributed by atoms with E-state index in [4.69, 9.17) is 0 Å². The predicted molar refractivity (Wildman–Crippen MR) is 85.1 cm³/mol. The topological polar surface area (TPSA) is 3.01 Å². The lowest BCUT2D eigenvalue weighted by atomic mass is 9.75. The lowest BCUT2D eigenvalue weighted by Crippen LogP contribution is -2.24. The Morgan fingerprint density at radius 2 is 1.79 bits per heavy atom. The highest BCUT2D eigenvalue weighted by Gasteiger charge is 2.27. The highest BCUT2D eigenvalue weighted by atomic mass is 14.9. The van der Waals surface area contributed by atoms with Gasteiger partial charge < -0.3 is 0 Å². The van der Waals surface area contributed by atoms with Gasteiger partial charge in [0, 0.05) is 11.6 Å². The van der Waals surface area contributed by atoms with Crippen LogP contribution >= 0.6 is 0 Å². The first-order valence-corrected chi connectivity index (χ1v) is 6.98. The Morgan fingerprint density at radius 1 is 1.21 bits per heavy atom. The summed E-state index contributed by atoms with van der Waals surface area (Å²) in [6.45, 7) is 14.6. The van der Waals surface area contributed by atoms with Gasteiger partial charge in [0.1, 0.15) is 7.05 Å². The summed E-state index contributed by atoms with van der Waals surface area (Å²) in [5, 5.41) is 0. The van der Waals surface area contributed by atoms with Crippen molar-refractivity contribution >= 4 is 5.71 Å². The van der Waals surface area contributed by atoms with Crippen molar-refractivity contribution in [1.82, 2.24) is 0 Å². The first kappa shape index (κ1) is 15.4. The molecule has 0 aliphatic carbocycles. The van der Waals surface area contributed by atoms with E-state index in [1.807, 2.05) is 23.9 Å². The summed E-state index contributed by atoms with van der Waals surface area (Å²) < 4.78 is 2.03. The second kappa shape index (κ2) is 6.51. The third-order valence-electron chi connectivity index (χ3n) is 4.26. The fourth-order valence-electron chi connectivity index (χ4n) is 2.41.